The molecular weight excluding hydrogens is 452 g/mol. The first-order chi connectivity index (χ1) is 18.1. The molecule has 3 heterocycles. The van der Waals surface area contributed by atoms with Crippen molar-refractivity contribution in [3.05, 3.63) is 137 Å². The van der Waals surface area contributed by atoms with Gasteiger partial charge in [-0.2, -0.15) is 0 Å². The Kier molecular flexibility index (Phi) is 5.97. The topological polar surface area (TPSA) is 29.3 Å². The lowest BCUT2D eigenvalue weighted by molar-refractivity contribution is 0.426. The van der Waals surface area contributed by atoms with E-state index in [2.05, 4.69) is 122 Å². The van der Waals surface area contributed by atoms with Crippen molar-refractivity contribution < 1.29 is 4.42 Å². The van der Waals surface area contributed by atoms with Crippen molar-refractivity contribution in [2.24, 2.45) is 0 Å². The van der Waals surface area contributed by atoms with Crippen molar-refractivity contribution in [3.8, 4) is 11.3 Å². The first-order valence-corrected chi connectivity index (χ1v) is 12.8. The van der Waals surface area contributed by atoms with E-state index in [1.165, 1.54) is 38.8 Å². The smallest absolute Gasteiger partial charge is 0.141 e. The van der Waals surface area contributed by atoms with Gasteiger partial charge in [0.15, 0.2) is 0 Å². The molecule has 0 amide bonds. The summed E-state index contributed by atoms with van der Waals surface area (Å²) in [4.78, 5) is 6.96. The van der Waals surface area contributed by atoms with Crippen LogP contribution in [0.25, 0.3) is 33.2 Å². The van der Waals surface area contributed by atoms with Crippen LogP contribution in [0.5, 0.6) is 0 Å². The molecule has 3 nitrogen and oxygen atoms in total. The fraction of sp³-hybridized carbons (Fsp3) is 0.147. The van der Waals surface area contributed by atoms with Gasteiger partial charge in [0, 0.05) is 40.5 Å². The maximum atomic E-state index is 6.43. The first-order valence-electron chi connectivity index (χ1n) is 12.8. The highest BCUT2D eigenvalue weighted by Gasteiger charge is 2.23. The standard InChI is InChI=1S/C34H30N2O/c1-23-14-18-30(35-21-23)27-11-5-4-9-26(27)10-8-20-36-22-24(2)15-19-31(36)33-25(3)16-17-29-28-12-6-7-13-32(28)37-34(29)33/h4-9,11-22,31H,10H2,1-3H3/b20-8+. The summed E-state index contributed by atoms with van der Waals surface area (Å²) in [5.41, 5.74) is 10.2. The van der Waals surface area contributed by atoms with Gasteiger partial charge in [-0.15, -0.1) is 0 Å². The normalized spacial score (nSPS) is 15.7. The summed E-state index contributed by atoms with van der Waals surface area (Å²) in [6.45, 7) is 6.38. The van der Waals surface area contributed by atoms with Crippen molar-refractivity contribution in [1.29, 1.82) is 0 Å². The molecule has 2 aromatic heterocycles. The number of allylic oxidation sites excluding steroid dienone is 3. The average Bonchev–Trinajstić information content (AvgIpc) is 3.29. The maximum absolute atomic E-state index is 6.43. The highest BCUT2D eigenvalue weighted by molar-refractivity contribution is 6.06. The van der Waals surface area contributed by atoms with Gasteiger partial charge in [-0.3, -0.25) is 4.98 Å². The van der Waals surface area contributed by atoms with E-state index in [-0.39, 0.29) is 6.04 Å². The van der Waals surface area contributed by atoms with Gasteiger partial charge < -0.3 is 9.32 Å². The van der Waals surface area contributed by atoms with Crippen LogP contribution in [0.15, 0.2) is 120 Å². The Morgan fingerprint density at radius 3 is 2.59 bits per heavy atom. The highest BCUT2D eigenvalue weighted by atomic mass is 16.3. The number of hydrogen-bond acceptors (Lipinski definition) is 3. The zero-order valence-electron chi connectivity index (χ0n) is 21.5. The molecule has 0 saturated heterocycles. The lowest BCUT2D eigenvalue weighted by Gasteiger charge is -2.30. The van der Waals surface area contributed by atoms with Gasteiger partial charge in [0.1, 0.15) is 11.2 Å². The third kappa shape index (κ3) is 4.38. The van der Waals surface area contributed by atoms with E-state index in [9.17, 15) is 0 Å². The third-order valence-corrected chi connectivity index (χ3v) is 7.13. The minimum atomic E-state index is 0.0539. The fourth-order valence-corrected chi connectivity index (χ4v) is 5.23. The Morgan fingerprint density at radius 2 is 1.73 bits per heavy atom. The van der Waals surface area contributed by atoms with Gasteiger partial charge >= 0.3 is 0 Å². The fourth-order valence-electron chi connectivity index (χ4n) is 5.23. The number of hydrogen-bond donors (Lipinski definition) is 0. The van der Waals surface area contributed by atoms with E-state index in [0.29, 0.717) is 0 Å². The summed E-state index contributed by atoms with van der Waals surface area (Å²) in [6.07, 6.45) is 13.9. The van der Waals surface area contributed by atoms with E-state index in [1.54, 1.807) is 0 Å². The molecule has 0 spiro atoms. The van der Waals surface area contributed by atoms with Crippen LogP contribution in [0.2, 0.25) is 0 Å². The van der Waals surface area contributed by atoms with Gasteiger partial charge in [0.25, 0.3) is 0 Å². The second-order valence-corrected chi connectivity index (χ2v) is 9.86. The summed E-state index contributed by atoms with van der Waals surface area (Å²) >= 11 is 0. The molecule has 1 aliphatic rings. The zero-order chi connectivity index (χ0) is 25.4. The molecule has 5 aromatic rings. The van der Waals surface area contributed by atoms with E-state index < -0.39 is 0 Å². The number of aromatic nitrogens is 1. The minimum Gasteiger partial charge on any atom is -0.456 e. The summed E-state index contributed by atoms with van der Waals surface area (Å²) in [5, 5.41) is 2.33. The second-order valence-electron chi connectivity index (χ2n) is 9.86. The van der Waals surface area contributed by atoms with Crippen LogP contribution >= 0.6 is 0 Å². The van der Waals surface area contributed by atoms with Crippen LogP contribution in [-0.2, 0) is 6.42 Å². The Morgan fingerprint density at radius 1 is 0.892 bits per heavy atom. The number of aryl methyl sites for hydroxylation is 2. The van der Waals surface area contributed by atoms with Crippen LogP contribution in [0, 0.1) is 13.8 Å². The predicted octanol–water partition coefficient (Wildman–Crippen LogP) is 8.84. The lowest BCUT2D eigenvalue weighted by Crippen LogP contribution is -2.20. The Bertz CT molecular complexity index is 1680. The highest BCUT2D eigenvalue weighted by Crippen LogP contribution is 2.39. The summed E-state index contributed by atoms with van der Waals surface area (Å²) in [5.74, 6) is 0. The van der Waals surface area contributed by atoms with E-state index >= 15 is 0 Å². The van der Waals surface area contributed by atoms with Gasteiger partial charge in [-0.05, 0) is 61.6 Å². The lowest BCUT2D eigenvalue weighted by atomic mass is 9.94. The third-order valence-electron chi connectivity index (χ3n) is 7.13. The molecule has 1 unspecified atom stereocenters. The van der Waals surface area contributed by atoms with Crippen molar-refractivity contribution >= 4 is 21.9 Å². The molecule has 0 fully saturated rings. The first kappa shape index (κ1) is 23.1. The van der Waals surface area contributed by atoms with E-state index in [4.69, 9.17) is 4.42 Å². The summed E-state index contributed by atoms with van der Waals surface area (Å²) in [6, 6.07) is 25.5. The van der Waals surface area contributed by atoms with Crippen LogP contribution in [0.4, 0.5) is 0 Å². The Hall–Kier alpha value is -4.37. The molecular formula is C34H30N2O. The van der Waals surface area contributed by atoms with Gasteiger partial charge in [-0.25, -0.2) is 0 Å². The van der Waals surface area contributed by atoms with Crippen molar-refractivity contribution in [3.63, 3.8) is 0 Å². The number of fused-ring (bicyclic) bond motifs is 3. The van der Waals surface area contributed by atoms with Gasteiger partial charge in [0.05, 0.1) is 11.7 Å². The predicted molar refractivity (Wildman–Crippen MR) is 153 cm³/mol. The minimum absolute atomic E-state index is 0.0539. The molecule has 0 bridgehead atoms. The molecule has 0 N–H and O–H groups in total. The van der Waals surface area contributed by atoms with Crippen molar-refractivity contribution in [2.75, 3.05) is 0 Å². The Labute approximate surface area is 218 Å². The van der Waals surface area contributed by atoms with Crippen LogP contribution < -0.4 is 0 Å². The van der Waals surface area contributed by atoms with Crippen LogP contribution in [0.3, 0.4) is 0 Å². The Balaban J connectivity index is 1.35. The molecule has 0 radical (unpaired) electrons. The largest absolute Gasteiger partial charge is 0.456 e. The molecule has 3 heteroatoms. The van der Waals surface area contributed by atoms with E-state index in [1.807, 2.05) is 18.3 Å². The number of rotatable bonds is 5. The molecule has 3 aromatic carbocycles. The zero-order valence-corrected chi connectivity index (χ0v) is 21.5. The van der Waals surface area contributed by atoms with Crippen molar-refractivity contribution in [2.45, 2.75) is 33.2 Å². The van der Waals surface area contributed by atoms with Gasteiger partial charge in [-0.1, -0.05) is 78.9 Å². The van der Waals surface area contributed by atoms with Crippen molar-refractivity contribution in [1.82, 2.24) is 9.88 Å². The average molecular weight is 483 g/mol. The number of nitrogens with zero attached hydrogens (tertiary/aromatic N) is 2. The maximum Gasteiger partial charge on any atom is 0.141 e. The number of pyridine rings is 1. The molecule has 0 saturated carbocycles. The van der Waals surface area contributed by atoms with Crippen LogP contribution in [0.1, 0.15) is 35.2 Å². The van der Waals surface area contributed by atoms with Crippen LogP contribution in [-0.4, -0.2) is 9.88 Å². The van der Waals surface area contributed by atoms with Gasteiger partial charge in [0.2, 0.25) is 0 Å². The monoisotopic (exact) mass is 482 g/mol. The molecule has 6 rings (SSSR count). The summed E-state index contributed by atoms with van der Waals surface area (Å²) < 4.78 is 6.43. The van der Waals surface area contributed by atoms with E-state index in [0.717, 1.165) is 28.7 Å². The quantitative estimate of drug-likeness (QED) is 0.251. The molecule has 0 aliphatic carbocycles. The molecule has 182 valence electrons. The number of para-hydroxylation sites is 1. The SMILES string of the molecule is CC1=CN(/C=C/Cc2ccccc2-c2ccc(C)cn2)C(c2c(C)ccc3c2oc2ccccc23)C=C1. The second kappa shape index (κ2) is 9.59. The number of benzene rings is 3. The summed E-state index contributed by atoms with van der Waals surface area (Å²) in [7, 11) is 0. The number of furan rings is 1. The molecule has 1 aliphatic heterocycles. The molecule has 37 heavy (non-hydrogen) atoms. The molecule has 1 atom stereocenters.